The molecule has 3 aliphatic rings. The van der Waals surface area contributed by atoms with Crippen molar-refractivity contribution in [2.45, 2.75) is 95.4 Å². The second kappa shape index (κ2) is 7.61. The minimum Gasteiger partial charge on any atom is -0.393 e. The molecule has 0 aromatic heterocycles. The van der Waals surface area contributed by atoms with Crippen LogP contribution in [-0.2, 0) is 4.74 Å². The smallest absolute Gasteiger partial charge is 0.317 e. The Hall–Kier alpha value is -0.810. The predicted molar refractivity (Wildman–Crippen MR) is 93.9 cm³/mol. The number of carbonyl (C=O) groups is 1. The molecule has 3 aliphatic carbocycles. The Morgan fingerprint density at radius 2 is 1.88 bits per heavy atom. The van der Waals surface area contributed by atoms with E-state index in [-0.39, 0.29) is 23.6 Å². The van der Waals surface area contributed by atoms with E-state index in [4.69, 9.17) is 4.74 Å². The Balaban J connectivity index is 1.59. The SMILES string of the molecule is CCOC1CC(N(C)C(=O)NC2CCC(O)CC2)C12CCCCC2. The van der Waals surface area contributed by atoms with E-state index in [1.54, 1.807) is 0 Å². The van der Waals surface area contributed by atoms with Gasteiger partial charge in [0.05, 0.1) is 12.2 Å². The third-order valence-corrected chi connectivity index (χ3v) is 6.71. The molecule has 0 aromatic carbocycles. The molecule has 2 unspecified atom stereocenters. The maximum atomic E-state index is 12.7. The fourth-order valence-corrected chi connectivity index (χ4v) is 5.21. The van der Waals surface area contributed by atoms with Crippen LogP contribution in [0.15, 0.2) is 0 Å². The van der Waals surface area contributed by atoms with E-state index in [0.717, 1.165) is 38.7 Å². The summed E-state index contributed by atoms with van der Waals surface area (Å²) in [5.74, 6) is 0. The lowest BCUT2D eigenvalue weighted by Crippen LogP contribution is -2.67. The van der Waals surface area contributed by atoms with Crippen LogP contribution < -0.4 is 5.32 Å². The molecule has 3 saturated carbocycles. The van der Waals surface area contributed by atoms with E-state index in [1.165, 1.54) is 32.1 Å². The van der Waals surface area contributed by atoms with Crippen LogP contribution in [0.25, 0.3) is 0 Å². The number of aliphatic hydroxyl groups excluding tert-OH is 1. The summed E-state index contributed by atoms with van der Waals surface area (Å²) >= 11 is 0. The number of hydrogen-bond acceptors (Lipinski definition) is 3. The van der Waals surface area contributed by atoms with Gasteiger partial charge in [0.25, 0.3) is 0 Å². The first-order chi connectivity index (χ1) is 11.6. The summed E-state index contributed by atoms with van der Waals surface area (Å²) in [5.41, 5.74) is 0.184. The molecule has 5 heteroatoms. The molecule has 0 saturated heterocycles. The normalized spacial score (nSPS) is 35.3. The van der Waals surface area contributed by atoms with Crippen molar-refractivity contribution < 1.29 is 14.6 Å². The van der Waals surface area contributed by atoms with Crippen molar-refractivity contribution in [1.82, 2.24) is 10.2 Å². The third-order valence-electron chi connectivity index (χ3n) is 6.71. The first kappa shape index (κ1) is 18.0. The summed E-state index contributed by atoms with van der Waals surface area (Å²) in [4.78, 5) is 14.7. The molecule has 138 valence electrons. The van der Waals surface area contributed by atoms with Gasteiger partial charge in [-0.05, 0) is 51.9 Å². The zero-order chi connectivity index (χ0) is 17.2. The summed E-state index contributed by atoms with van der Waals surface area (Å²) in [7, 11) is 1.95. The van der Waals surface area contributed by atoms with Crippen molar-refractivity contribution in [3.63, 3.8) is 0 Å². The van der Waals surface area contributed by atoms with E-state index in [2.05, 4.69) is 12.2 Å². The van der Waals surface area contributed by atoms with Crippen LogP contribution in [0.1, 0.15) is 71.1 Å². The number of aliphatic hydroxyl groups is 1. The zero-order valence-corrected chi connectivity index (χ0v) is 15.3. The molecule has 2 N–H and O–H groups in total. The van der Waals surface area contributed by atoms with Crippen LogP contribution in [0.5, 0.6) is 0 Å². The largest absolute Gasteiger partial charge is 0.393 e. The van der Waals surface area contributed by atoms with Gasteiger partial charge >= 0.3 is 6.03 Å². The first-order valence-electron chi connectivity index (χ1n) is 9.90. The molecule has 0 aromatic rings. The molecule has 0 bridgehead atoms. The number of carbonyl (C=O) groups excluding carboxylic acids is 1. The van der Waals surface area contributed by atoms with E-state index in [9.17, 15) is 9.90 Å². The molecule has 0 aliphatic heterocycles. The molecule has 5 nitrogen and oxygen atoms in total. The molecular formula is C19H34N2O3. The maximum absolute atomic E-state index is 12.7. The van der Waals surface area contributed by atoms with Crippen molar-refractivity contribution in [2.24, 2.45) is 5.41 Å². The van der Waals surface area contributed by atoms with Gasteiger partial charge in [-0.15, -0.1) is 0 Å². The topological polar surface area (TPSA) is 61.8 Å². The lowest BCUT2D eigenvalue weighted by Gasteiger charge is -2.60. The molecule has 2 atom stereocenters. The molecule has 0 heterocycles. The quantitative estimate of drug-likeness (QED) is 0.828. The molecular weight excluding hydrogens is 304 g/mol. The summed E-state index contributed by atoms with van der Waals surface area (Å²) in [6, 6.07) is 0.582. The molecule has 2 amide bonds. The number of amides is 2. The number of rotatable bonds is 4. The summed E-state index contributed by atoms with van der Waals surface area (Å²) in [6.07, 6.45) is 10.7. The molecule has 3 fully saturated rings. The molecule has 1 spiro atoms. The fraction of sp³-hybridized carbons (Fsp3) is 0.947. The average molecular weight is 338 g/mol. The molecule has 3 rings (SSSR count). The standard InChI is InChI=1S/C19H34N2O3/c1-3-24-17-13-16(19(17)11-5-4-6-12-19)21(2)18(23)20-14-7-9-15(22)10-8-14/h14-17,22H,3-13H2,1-2H3,(H,20,23). The van der Waals surface area contributed by atoms with E-state index >= 15 is 0 Å². The van der Waals surface area contributed by atoms with E-state index < -0.39 is 0 Å². The zero-order valence-electron chi connectivity index (χ0n) is 15.3. The van der Waals surface area contributed by atoms with Gasteiger partial charge in [-0.2, -0.15) is 0 Å². The van der Waals surface area contributed by atoms with Gasteiger partial charge in [0, 0.05) is 31.2 Å². The average Bonchev–Trinajstić information content (AvgIpc) is 2.60. The fourth-order valence-electron chi connectivity index (χ4n) is 5.21. The number of ether oxygens (including phenoxy) is 1. The van der Waals surface area contributed by atoms with Crippen LogP contribution in [0.4, 0.5) is 4.79 Å². The number of nitrogens with zero attached hydrogens (tertiary/aromatic N) is 1. The van der Waals surface area contributed by atoms with Crippen molar-refractivity contribution in [3.05, 3.63) is 0 Å². The van der Waals surface area contributed by atoms with Crippen molar-refractivity contribution in [1.29, 1.82) is 0 Å². The number of nitrogens with one attached hydrogen (secondary N) is 1. The van der Waals surface area contributed by atoms with Gasteiger partial charge in [-0.1, -0.05) is 19.3 Å². The molecule has 0 radical (unpaired) electrons. The highest BCUT2D eigenvalue weighted by molar-refractivity contribution is 5.75. The Labute approximate surface area is 146 Å². The first-order valence-corrected chi connectivity index (χ1v) is 9.90. The monoisotopic (exact) mass is 338 g/mol. The highest BCUT2D eigenvalue weighted by atomic mass is 16.5. The third kappa shape index (κ3) is 3.43. The number of urea groups is 1. The second-order valence-electron chi connectivity index (χ2n) is 8.06. The van der Waals surface area contributed by atoms with Crippen molar-refractivity contribution in [2.75, 3.05) is 13.7 Å². The van der Waals surface area contributed by atoms with Gasteiger partial charge in [0.2, 0.25) is 0 Å². The Morgan fingerprint density at radius 3 is 2.50 bits per heavy atom. The minimum absolute atomic E-state index is 0.0567. The van der Waals surface area contributed by atoms with Gasteiger partial charge in [-0.25, -0.2) is 4.79 Å². The lowest BCUT2D eigenvalue weighted by atomic mass is 9.54. The van der Waals surface area contributed by atoms with Crippen molar-refractivity contribution >= 4 is 6.03 Å². The van der Waals surface area contributed by atoms with Gasteiger partial charge in [-0.3, -0.25) is 0 Å². The Kier molecular flexibility index (Phi) is 5.70. The van der Waals surface area contributed by atoms with E-state index in [0.29, 0.717) is 12.1 Å². The van der Waals surface area contributed by atoms with Crippen LogP contribution in [-0.4, -0.2) is 54.0 Å². The molecule has 24 heavy (non-hydrogen) atoms. The number of hydrogen-bond donors (Lipinski definition) is 2. The van der Waals surface area contributed by atoms with Gasteiger partial charge in [0.15, 0.2) is 0 Å². The van der Waals surface area contributed by atoms with Crippen LogP contribution >= 0.6 is 0 Å². The highest BCUT2D eigenvalue weighted by Crippen LogP contribution is 2.55. The Bertz CT molecular complexity index is 428. The lowest BCUT2D eigenvalue weighted by molar-refractivity contribution is -0.170. The minimum atomic E-state index is -0.181. The summed E-state index contributed by atoms with van der Waals surface area (Å²) in [5, 5.41) is 12.8. The Morgan fingerprint density at radius 1 is 1.21 bits per heavy atom. The summed E-state index contributed by atoms with van der Waals surface area (Å²) < 4.78 is 6.01. The second-order valence-corrected chi connectivity index (χ2v) is 8.06. The van der Waals surface area contributed by atoms with Crippen molar-refractivity contribution in [3.8, 4) is 0 Å². The van der Waals surface area contributed by atoms with E-state index in [1.807, 2.05) is 11.9 Å². The van der Waals surface area contributed by atoms with Gasteiger partial charge in [0.1, 0.15) is 0 Å². The van der Waals surface area contributed by atoms with Crippen LogP contribution in [0, 0.1) is 5.41 Å². The van der Waals surface area contributed by atoms with Crippen LogP contribution in [0.3, 0.4) is 0 Å². The highest BCUT2D eigenvalue weighted by Gasteiger charge is 2.57. The predicted octanol–water partition coefficient (Wildman–Crippen LogP) is 3.06. The van der Waals surface area contributed by atoms with Gasteiger partial charge < -0.3 is 20.1 Å². The maximum Gasteiger partial charge on any atom is 0.317 e. The summed E-state index contributed by atoms with van der Waals surface area (Å²) in [6.45, 7) is 2.83. The van der Waals surface area contributed by atoms with Crippen LogP contribution in [0.2, 0.25) is 0 Å².